The molecule has 0 radical (unpaired) electrons. The van der Waals surface area contributed by atoms with E-state index in [1.807, 2.05) is 13.0 Å². The van der Waals surface area contributed by atoms with Gasteiger partial charge in [-0.05, 0) is 43.5 Å². The third-order valence-electron chi connectivity index (χ3n) is 3.58. The molecule has 1 heterocycles. The molecule has 24 heavy (non-hydrogen) atoms. The number of benzene rings is 1. The Morgan fingerprint density at radius 1 is 1.25 bits per heavy atom. The zero-order chi connectivity index (χ0) is 17.9. The second-order valence-corrected chi connectivity index (χ2v) is 5.33. The summed E-state index contributed by atoms with van der Waals surface area (Å²) in [5, 5.41) is 8.36. The van der Waals surface area contributed by atoms with Crippen molar-refractivity contribution in [2.24, 2.45) is 0 Å². The Bertz CT molecular complexity index is 612. The number of hydroxylamine groups is 1. The van der Waals surface area contributed by atoms with Crippen LogP contribution in [0.4, 0.5) is 8.78 Å². The molecule has 2 rings (SSSR count). The number of halogens is 2. The van der Waals surface area contributed by atoms with Crippen LogP contribution in [0.2, 0.25) is 0 Å². The van der Waals surface area contributed by atoms with Gasteiger partial charge in [0.1, 0.15) is 11.6 Å². The van der Waals surface area contributed by atoms with E-state index in [0.29, 0.717) is 12.0 Å². The van der Waals surface area contributed by atoms with Gasteiger partial charge in [-0.15, -0.1) is 0 Å². The summed E-state index contributed by atoms with van der Waals surface area (Å²) in [6.45, 7) is 3.72. The number of aryl methyl sites for hydroxylation is 1. The van der Waals surface area contributed by atoms with Gasteiger partial charge in [0.25, 0.3) is 0 Å². The maximum atomic E-state index is 12.7. The molecule has 0 fully saturated rings. The summed E-state index contributed by atoms with van der Waals surface area (Å²) in [5.74, 6) is -0.808. The number of nitrogens with zero attached hydrogens (tertiary/aromatic N) is 1. The van der Waals surface area contributed by atoms with Crippen molar-refractivity contribution < 1.29 is 18.8 Å². The van der Waals surface area contributed by atoms with Crippen LogP contribution in [0.5, 0.6) is 0 Å². The van der Waals surface area contributed by atoms with E-state index in [0.717, 1.165) is 12.1 Å². The van der Waals surface area contributed by atoms with Gasteiger partial charge in [0, 0.05) is 18.0 Å². The highest BCUT2D eigenvalue weighted by molar-refractivity contribution is 5.74. The Labute approximate surface area is 140 Å². The number of amides is 1. The van der Waals surface area contributed by atoms with Gasteiger partial charge in [0.15, 0.2) is 0 Å². The molecule has 0 saturated carbocycles. The van der Waals surface area contributed by atoms with E-state index in [1.54, 1.807) is 30.6 Å². The summed E-state index contributed by atoms with van der Waals surface area (Å²) in [7, 11) is 0. The summed E-state index contributed by atoms with van der Waals surface area (Å²) >= 11 is 0. The van der Waals surface area contributed by atoms with Gasteiger partial charge in [-0.3, -0.25) is 15.0 Å². The van der Waals surface area contributed by atoms with Crippen LogP contribution in [-0.2, 0) is 4.79 Å². The first kappa shape index (κ1) is 19.7. The molecule has 1 aromatic carbocycles. The smallest absolute Gasteiger partial charge is 0.243 e. The van der Waals surface area contributed by atoms with Crippen LogP contribution < -0.4 is 5.48 Å². The highest BCUT2D eigenvalue weighted by Gasteiger charge is 2.12. The summed E-state index contributed by atoms with van der Waals surface area (Å²) in [4.78, 5) is 14.9. The molecule has 0 aliphatic carbocycles. The van der Waals surface area contributed by atoms with E-state index in [2.05, 4.69) is 4.98 Å². The average Bonchev–Trinajstić information content (AvgIpc) is 2.60. The van der Waals surface area contributed by atoms with Crippen molar-refractivity contribution in [2.45, 2.75) is 39.0 Å². The Balaban J connectivity index is 0.000000300. The van der Waals surface area contributed by atoms with E-state index in [1.165, 1.54) is 18.3 Å². The van der Waals surface area contributed by atoms with E-state index in [9.17, 15) is 13.6 Å². The van der Waals surface area contributed by atoms with Gasteiger partial charge in [-0.2, -0.15) is 0 Å². The average molecular weight is 336 g/mol. The van der Waals surface area contributed by atoms with Crippen molar-refractivity contribution in [3.63, 3.8) is 0 Å². The summed E-state index contributed by atoms with van der Waals surface area (Å²) < 4.78 is 25.0. The minimum Gasteiger partial charge on any atom is -0.289 e. The molecule has 2 aromatic rings. The number of rotatable bonds is 5. The van der Waals surface area contributed by atoms with Crippen molar-refractivity contribution in [2.75, 3.05) is 0 Å². The van der Waals surface area contributed by atoms with E-state index in [-0.39, 0.29) is 24.0 Å². The van der Waals surface area contributed by atoms with Gasteiger partial charge in [0.05, 0.1) is 6.20 Å². The third-order valence-corrected chi connectivity index (χ3v) is 3.58. The monoisotopic (exact) mass is 336 g/mol. The molecule has 2 N–H and O–H groups in total. The first-order valence-electron chi connectivity index (χ1n) is 7.73. The van der Waals surface area contributed by atoms with Crippen molar-refractivity contribution >= 4 is 5.91 Å². The van der Waals surface area contributed by atoms with Crippen LogP contribution in [-0.4, -0.2) is 16.1 Å². The standard InChI is InChI=1S/C11H15FN2O2.C7H7F/c1-2-8(3-6-11(15)14-16)10-5-4-9(12)7-13-10;1-6-4-2-3-5-7(6)8/h4-5,7-8,16H,2-3,6H2,1H3,(H,14,15);2-5H,1H3. The van der Waals surface area contributed by atoms with Crippen molar-refractivity contribution in [3.8, 4) is 0 Å². The van der Waals surface area contributed by atoms with Crippen LogP contribution in [0, 0.1) is 18.6 Å². The van der Waals surface area contributed by atoms with Gasteiger partial charge in [-0.25, -0.2) is 14.3 Å². The summed E-state index contributed by atoms with van der Waals surface area (Å²) in [5.41, 5.74) is 3.06. The predicted molar refractivity (Wildman–Crippen MR) is 87.5 cm³/mol. The molecule has 0 spiro atoms. The molecule has 0 aliphatic heterocycles. The first-order valence-corrected chi connectivity index (χ1v) is 7.73. The number of hydrogen-bond donors (Lipinski definition) is 2. The topological polar surface area (TPSA) is 62.2 Å². The van der Waals surface area contributed by atoms with Crippen LogP contribution in [0.15, 0.2) is 42.6 Å². The fraction of sp³-hybridized carbons (Fsp3) is 0.333. The number of pyridine rings is 1. The lowest BCUT2D eigenvalue weighted by atomic mass is 9.96. The normalized spacial score (nSPS) is 11.2. The Kier molecular flexibility index (Phi) is 8.57. The zero-order valence-electron chi connectivity index (χ0n) is 13.8. The highest BCUT2D eigenvalue weighted by Crippen LogP contribution is 2.22. The second kappa shape index (κ2) is 10.4. The van der Waals surface area contributed by atoms with E-state index < -0.39 is 5.91 Å². The predicted octanol–water partition coefficient (Wildman–Crippen LogP) is 4.13. The zero-order valence-corrected chi connectivity index (χ0v) is 13.8. The van der Waals surface area contributed by atoms with Crippen LogP contribution in [0.3, 0.4) is 0 Å². The molecule has 6 heteroatoms. The lowest BCUT2D eigenvalue weighted by Gasteiger charge is -2.13. The number of aromatic nitrogens is 1. The van der Waals surface area contributed by atoms with Crippen molar-refractivity contribution in [3.05, 3.63) is 65.5 Å². The van der Waals surface area contributed by atoms with E-state index >= 15 is 0 Å². The number of nitrogens with one attached hydrogen (secondary N) is 1. The Morgan fingerprint density at radius 2 is 1.96 bits per heavy atom. The third kappa shape index (κ3) is 6.83. The number of carbonyl (C=O) groups is 1. The van der Waals surface area contributed by atoms with Crippen molar-refractivity contribution in [1.29, 1.82) is 0 Å². The lowest BCUT2D eigenvalue weighted by molar-refractivity contribution is -0.129. The Hall–Kier alpha value is -2.34. The SMILES string of the molecule is CCC(CCC(=O)NO)c1ccc(F)cn1.Cc1ccccc1F. The molecule has 4 nitrogen and oxygen atoms in total. The van der Waals surface area contributed by atoms with Gasteiger partial charge in [-0.1, -0.05) is 25.1 Å². The maximum Gasteiger partial charge on any atom is 0.243 e. The molecular weight excluding hydrogens is 314 g/mol. The minimum absolute atomic E-state index is 0.109. The summed E-state index contributed by atoms with van der Waals surface area (Å²) in [6.07, 6.45) is 2.80. The number of hydrogen-bond acceptors (Lipinski definition) is 3. The highest BCUT2D eigenvalue weighted by atomic mass is 19.1. The molecule has 1 aromatic heterocycles. The van der Waals surface area contributed by atoms with Crippen LogP contribution in [0.1, 0.15) is 43.4 Å². The first-order chi connectivity index (χ1) is 11.5. The van der Waals surface area contributed by atoms with Gasteiger partial charge >= 0.3 is 0 Å². The van der Waals surface area contributed by atoms with Gasteiger partial charge in [0.2, 0.25) is 5.91 Å². The Morgan fingerprint density at radius 3 is 2.42 bits per heavy atom. The quantitative estimate of drug-likeness (QED) is 0.637. The lowest BCUT2D eigenvalue weighted by Crippen LogP contribution is -2.19. The fourth-order valence-corrected chi connectivity index (χ4v) is 2.10. The van der Waals surface area contributed by atoms with Gasteiger partial charge < -0.3 is 0 Å². The van der Waals surface area contributed by atoms with Crippen molar-refractivity contribution in [1.82, 2.24) is 10.5 Å². The summed E-state index contributed by atoms with van der Waals surface area (Å²) in [6, 6.07) is 9.68. The molecule has 1 amide bonds. The molecule has 0 saturated heterocycles. The second-order valence-electron chi connectivity index (χ2n) is 5.33. The fourth-order valence-electron chi connectivity index (χ4n) is 2.10. The molecular formula is C18H22F2N2O2. The molecule has 1 unspecified atom stereocenters. The molecule has 1 atom stereocenters. The molecule has 0 aliphatic rings. The van der Waals surface area contributed by atoms with Crippen LogP contribution >= 0.6 is 0 Å². The maximum absolute atomic E-state index is 12.7. The van der Waals surface area contributed by atoms with Crippen LogP contribution in [0.25, 0.3) is 0 Å². The minimum atomic E-state index is -0.416. The van der Waals surface area contributed by atoms with E-state index in [4.69, 9.17) is 5.21 Å². The largest absolute Gasteiger partial charge is 0.289 e. The number of carbonyl (C=O) groups excluding carboxylic acids is 1. The molecule has 0 bridgehead atoms. The molecule has 130 valence electrons.